The van der Waals surface area contributed by atoms with E-state index >= 15 is 0 Å². The molecule has 0 saturated heterocycles. The Kier molecular flexibility index (Phi) is 6.98. The molecule has 34 heavy (non-hydrogen) atoms. The Morgan fingerprint density at radius 3 is 2.09 bits per heavy atom. The van der Waals surface area contributed by atoms with Gasteiger partial charge in [-0.2, -0.15) is 0 Å². The minimum Gasteiger partial charge on any atom is -0.507 e. The summed E-state index contributed by atoms with van der Waals surface area (Å²) in [6.45, 7) is 10.6. The summed E-state index contributed by atoms with van der Waals surface area (Å²) < 4.78 is 0. The maximum Gasteiger partial charge on any atom is 0.131 e. The van der Waals surface area contributed by atoms with Gasteiger partial charge in [-0.15, -0.1) is 0 Å². The largest absolute Gasteiger partial charge is 0.507 e. The molecule has 0 unspecified atom stereocenters. The molecular formula is C32H31NO. The van der Waals surface area contributed by atoms with Crippen LogP contribution in [0.2, 0.25) is 0 Å². The number of hydrogen-bond acceptors (Lipinski definition) is 2. The first kappa shape index (κ1) is 23.1. The lowest BCUT2D eigenvalue weighted by molar-refractivity contribution is 0.480. The summed E-state index contributed by atoms with van der Waals surface area (Å²) in [5.74, 6) is 0.713. The van der Waals surface area contributed by atoms with Gasteiger partial charge in [0.05, 0.1) is 5.69 Å². The third-order valence-corrected chi connectivity index (χ3v) is 6.01. The van der Waals surface area contributed by atoms with Gasteiger partial charge in [0.2, 0.25) is 0 Å². The van der Waals surface area contributed by atoms with Crippen LogP contribution >= 0.6 is 0 Å². The van der Waals surface area contributed by atoms with E-state index in [1.807, 2.05) is 73.7 Å². The van der Waals surface area contributed by atoms with Crippen LogP contribution in [0, 0.1) is 0 Å². The van der Waals surface area contributed by atoms with E-state index in [1.165, 1.54) is 5.56 Å². The zero-order valence-electron chi connectivity index (χ0n) is 20.1. The maximum atomic E-state index is 11.2. The fourth-order valence-electron chi connectivity index (χ4n) is 4.16. The zero-order chi connectivity index (χ0) is 24.1. The Labute approximate surface area is 202 Å². The highest BCUT2D eigenvalue weighted by molar-refractivity contribution is 6.05. The van der Waals surface area contributed by atoms with E-state index < -0.39 is 0 Å². The van der Waals surface area contributed by atoms with Crippen LogP contribution < -0.4 is 4.90 Å². The predicted octanol–water partition coefficient (Wildman–Crippen LogP) is 9.28. The lowest BCUT2D eigenvalue weighted by Gasteiger charge is -2.28. The number of fused-ring (bicyclic) bond motifs is 1. The topological polar surface area (TPSA) is 23.5 Å². The van der Waals surface area contributed by atoms with Gasteiger partial charge in [0, 0.05) is 27.7 Å². The van der Waals surface area contributed by atoms with Gasteiger partial charge in [-0.25, -0.2) is 0 Å². The smallest absolute Gasteiger partial charge is 0.131 e. The van der Waals surface area contributed by atoms with Crippen molar-refractivity contribution in [1.82, 2.24) is 0 Å². The van der Waals surface area contributed by atoms with Crippen molar-refractivity contribution in [2.24, 2.45) is 0 Å². The normalized spacial score (nSPS) is 11.6. The Morgan fingerprint density at radius 2 is 1.44 bits per heavy atom. The van der Waals surface area contributed by atoms with Gasteiger partial charge >= 0.3 is 0 Å². The first-order chi connectivity index (χ1) is 16.5. The minimum atomic E-state index is 0.248. The van der Waals surface area contributed by atoms with E-state index in [1.54, 1.807) is 0 Å². The standard InChI is InChI=1S/C32H31NO/c1-5-6-8-13-24(4)30-22-31(28-16-11-12-17-29(28)32(30)34)33(26-14-9-7-10-15-26)27-20-18-25(19-21-27)23(2)3/h5-23,34H,4H2,1-3H3/b6-5-,13-8-. The number of hydrogen-bond donors (Lipinski definition) is 1. The van der Waals surface area contributed by atoms with Crippen LogP contribution in [0.5, 0.6) is 5.75 Å². The molecule has 1 N–H and O–H groups in total. The van der Waals surface area contributed by atoms with Gasteiger partial charge in [0.25, 0.3) is 0 Å². The molecule has 0 aliphatic carbocycles. The van der Waals surface area contributed by atoms with Crippen molar-refractivity contribution < 1.29 is 5.11 Å². The Morgan fingerprint density at radius 1 is 0.824 bits per heavy atom. The van der Waals surface area contributed by atoms with Crippen LogP contribution in [-0.4, -0.2) is 5.11 Å². The van der Waals surface area contributed by atoms with Gasteiger partial charge in [-0.05, 0) is 54.3 Å². The molecule has 0 saturated carbocycles. The first-order valence-electron chi connectivity index (χ1n) is 11.7. The summed E-state index contributed by atoms with van der Waals surface area (Å²) >= 11 is 0. The number of phenols is 1. The van der Waals surface area contributed by atoms with Crippen molar-refractivity contribution in [3.63, 3.8) is 0 Å². The average molecular weight is 446 g/mol. The quantitative estimate of drug-likeness (QED) is 0.286. The minimum absolute atomic E-state index is 0.248. The molecule has 170 valence electrons. The molecule has 0 fully saturated rings. The van der Waals surface area contributed by atoms with E-state index in [2.05, 4.69) is 67.8 Å². The summed E-state index contributed by atoms with van der Waals surface area (Å²) in [6, 6.07) is 29.1. The number of allylic oxidation sites excluding steroid dienone is 5. The number of benzene rings is 4. The highest BCUT2D eigenvalue weighted by atomic mass is 16.3. The molecule has 4 rings (SSSR count). The summed E-state index contributed by atoms with van der Waals surface area (Å²) in [7, 11) is 0. The third kappa shape index (κ3) is 4.67. The highest BCUT2D eigenvalue weighted by Crippen LogP contribution is 2.44. The monoisotopic (exact) mass is 445 g/mol. The van der Waals surface area contributed by atoms with E-state index in [9.17, 15) is 5.11 Å². The van der Waals surface area contributed by atoms with Gasteiger partial charge in [0.15, 0.2) is 0 Å². The summed E-state index contributed by atoms with van der Waals surface area (Å²) in [6.07, 6.45) is 7.79. The van der Waals surface area contributed by atoms with Crippen LogP contribution in [-0.2, 0) is 0 Å². The molecular weight excluding hydrogens is 414 g/mol. The molecule has 0 aliphatic heterocycles. The van der Waals surface area contributed by atoms with Gasteiger partial charge in [-0.1, -0.05) is 99.3 Å². The molecule has 0 radical (unpaired) electrons. The second-order valence-corrected chi connectivity index (χ2v) is 8.66. The van der Waals surface area contributed by atoms with E-state index in [0.717, 1.165) is 33.4 Å². The molecule has 2 nitrogen and oxygen atoms in total. The number of nitrogens with zero attached hydrogens (tertiary/aromatic N) is 1. The first-order valence-corrected chi connectivity index (χ1v) is 11.7. The van der Waals surface area contributed by atoms with Gasteiger partial charge in [0.1, 0.15) is 5.75 Å². The van der Waals surface area contributed by atoms with Crippen LogP contribution in [0.1, 0.15) is 37.8 Å². The Bertz CT molecular complexity index is 1350. The number of para-hydroxylation sites is 1. The number of anilines is 3. The summed E-state index contributed by atoms with van der Waals surface area (Å²) in [4.78, 5) is 2.25. The molecule has 0 aromatic heterocycles. The molecule has 0 aliphatic rings. The van der Waals surface area contributed by atoms with Crippen molar-refractivity contribution in [2.45, 2.75) is 26.7 Å². The molecule has 2 heteroatoms. The van der Waals surface area contributed by atoms with E-state index in [-0.39, 0.29) is 5.75 Å². The SMILES string of the molecule is C=C(/C=C\C=C/C)c1cc(N(c2ccccc2)c2ccc(C(C)C)cc2)c2ccccc2c1O. The van der Waals surface area contributed by atoms with Crippen molar-refractivity contribution >= 4 is 33.4 Å². The molecule has 0 heterocycles. The van der Waals surface area contributed by atoms with Gasteiger partial charge < -0.3 is 10.0 Å². The van der Waals surface area contributed by atoms with Crippen molar-refractivity contribution in [3.8, 4) is 5.75 Å². The number of phenolic OH excluding ortho intramolecular Hbond substituents is 1. The van der Waals surface area contributed by atoms with Crippen LogP contribution in [0.25, 0.3) is 16.3 Å². The van der Waals surface area contributed by atoms with Crippen LogP contribution in [0.3, 0.4) is 0 Å². The fourth-order valence-corrected chi connectivity index (χ4v) is 4.16. The lowest BCUT2D eigenvalue weighted by Crippen LogP contribution is -2.11. The van der Waals surface area contributed by atoms with E-state index in [4.69, 9.17) is 0 Å². The number of rotatable bonds is 7. The van der Waals surface area contributed by atoms with Crippen molar-refractivity contribution in [2.75, 3.05) is 4.90 Å². The van der Waals surface area contributed by atoms with Crippen molar-refractivity contribution in [1.29, 1.82) is 0 Å². The molecule has 0 bridgehead atoms. The van der Waals surface area contributed by atoms with Gasteiger partial charge in [-0.3, -0.25) is 0 Å². The Balaban J connectivity index is 1.98. The third-order valence-electron chi connectivity index (χ3n) is 6.01. The molecule has 0 atom stereocenters. The predicted molar refractivity (Wildman–Crippen MR) is 147 cm³/mol. The van der Waals surface area contributed by atoms with Crippen LogP contribution in [0.15, 0.2) is 116 Å². The van der Waals surface area contributed by atoms with Crippen molar-refractivity contribution in [3.05, 3.63) is 127 Å². The number of aromatic hydroxyl groups is 1. The fraction of sp³-hybridized carbons (Fsp3) is 0.125. The maximum absolute atomic E-state index is 11.2. The lowest BCUT2D eigenvalue weighted by atomic mass is 9.97. The highest BCUT2D eigenvalue weighted by Gasteiger charge is 2.19. The molecule has 4 aromatic carbocycles. The van der Waals surface area contributed by atoms with E-state index in [0.29, 0.717) is 11.5 Å². The molecule has 0 spiro atoms. The second-order valence-electron chi connectivity index (χ2n) is 8.66. The zero-order valence-corrected chi connectivity index (χ0v) is 20.1. The molecule has 0 amide bonds. The van der Waals surface area contributed by atoms with Crippen LogP contribution in [0.4, 0.5) is 17.1 Å². The summed E-state index contributed by atoms with van der Waals surface area (Å²) in [5, 5.41) is 13.0. The molecule has 4 aromatic rings. The second kappa shape index (κ2) is 10.3. The Hall–Kier alpha value is -4.04. The average Bonchev–Trinajstić information content (AvgIpc) is 2.86. The summed E-state index contributed by atoms with van der Waals surface area (Å²) in [5.41, 5.74) is 5.88.